The third-order valence-electron chi connectivity index (χ3n) is 2.74. The van der Waals surface area contributed by atoms with Gasteiger partial charge in [-0.05, 0) is 37.7 Å². The number of rotatable bonds is 5. The van der Waals surface area contributed by atoms with Crippen LogP contribution < -0.4 is 14.8 Å². The molecule has 0 atom stereocenters. The van der Waals surface area contributed by atoms with Gasteiger partial charge < -0.3 is 14.8 Å². The number of benzene rings is 1. The second-order valence-electron chi connectivity index (χ2n) is 4.25. The molecule has 2 aromatic rings. The first-order chi connectivity index (χ1) is 9.24. The van der Waals surface area contributed by atoms with E-state index in [0.717, 1.165) is 17.7 Å². The van der Waals surface area contributed by atoms with E-state index in [9.17, 15) is 0 Å². The highest BCUT2D eigenvalue weighted by Crippen LogP contribution is 2.31. The van der Waals surface area contributed by atoms with Gasteiger partial charge in [0.05, 0.1) is 7.11 Å². The zero-order valence-electron chi connectivity index (χ0n) is 11.4. The molecule has 0 unspecified atom stereocenters. The van der Waals surface area contributed by atoms with Crippen LogP contribution in [-0.4, -0.2) is 19.1 Å². The van der Waals surface area contributed by atoms with Crippen molar-refractivity contribution in [2.45, 2.75) is 13.5 Å². The van der Waals surface area contributed by atoms with Gasteiger partial charge in [-0.3, -0.25) is 0 Å². The standard InChI is InChI=1S/C15H18N2O2/c1-11-8-12(9-16-2)10-17-15(11)19-14-7-5-4-6-13(14)18-3/h4-8,10,16H,9H2,1-3H3. The fourth-order valence-corrected chi connectivity index (χ4v) is 1.84. The topological polar surface area (TPSA) is 43.4 Å². The van der Waals surface area contributed by atoms with E-state index in [-0.39, 0.29) is 0 Å². The van der Waals surface area contributed by atoms with Crippen LogP contribution in [0, 0.1) is 6.92 Å². The average Bonchev–Trinajstić information content (AvgIpc) is 2.43. The van der Waals surface area contributed by atoms with Crippen LogP contribution in [0.15, 0.2) is 36.5 Å². The van der Waals surface area contributed by atoms with Crippen LogP contribution in [0.2, 0.25) is 0 Å². The van der Waals surface area contributed by atoms with Gasteiger partial charge in [-0.1, -0.05) is 12.1 Å². The van der Waals surface area contributed by atoms with Crippen LogP contribution in [0.3, 0.4) is 0 Å². The van der Waals surface area contributed by atoms with Crippen molar-refractivity contribution >= 4 is 0 Å². The van der Waals surface area contributed by atoms with Crippen LogP contribution in [0.25, 0.3) is 0 Å². The smallest absolute Gasteiger partial charge is 0.222 e. The van der Waals surface area contributed by atoms with Crippen molar-refractivity contribution in [2.75, 3.05) is 14.2 Å². The van der Waals surface area contributed by atoms with E-state index in [4.69, 9.17) is 9.47 Å². The van der Waals surface area contributed by atoms with Crippen molar-refractivity contribution in [3.8, 4) is 17.4 Å². The van der Waals surface area contributed by atoms with E-state index in [1.165, 1.54) is 0 Å². The minimum Gasteiger partial charge on any atom is -0.493 e. The second kappa shape index (κ2) is 6.20. The number of para-hydroxylation sites is 2. The molecule has 0 aliphatic carbocycles. The summed E-state index contributed by atoms with van der Waals surface area (Å²) < 4.78 is 11.1. The van der Waals surface area contributed by atoms with Gasteiger partial charge in [0.1, 0.15) is 0 Å². The molecule has 19 heavy (non-hydrogen) atoms. The van der Waals surface area contributed by atoms with Crippen LogP contribution in [0.5, 0.6) is 17.4 Å². The van der Waals surface area contributed by atoms with Gasteiger partial charge in [-0.2, -0.15) is 0 Å². The first-order valence-corrected chi connectivity index (χ1v) is 6.15. The lowest BCUT2D eigenvalue weighted by Crippen LogP contribution is -2.06. The molecule has 1 aromatic carbocycles. The third kappa shape index (κ3) is 3.23. The molecule has 0 amide bonds. The van der Waals surface area contributed by atoms with Gasteiger partial charge in [0.15, 0.2) is 11.5 Å². The van der Waals surface area contributed by atoms with E-state index >= 15 is 0 Å². The summed E-state index contributed by atoms with van der Waals surface area (Å²) in [5, 5.41) is 3.10. The summed E-state index contributed by atoms with van der Waals surface area (Å²) in [6.45, 7) is 2.78. The SMILES string of the molecule is CNCc1cnc(Oc2ccccc2OC)c(C)c1. The minimum atomic E-state index is 0.601. The maximum absolute atomic E-state index is 5.81. The lowest BCUT2D eigenvalue weighted by molar-refractivity contribution is 0.373. The Hall–Kier alpha value is -2.07. The van der Waals surface area contributed by atoms with Gasteiger partial charge in [-0.15, -0.1) is 0 Å². The normalized spacial score (nSPS) is 10.3. The summed E-state index contributed by atoms with van der Waals surface area (Å²) >= 11 is 0. The summed E-state index contributed by atoms with van der Waals surface area (Å²) in [5.74, 6) is 1.97. The minimum absolute atomic E-state index is 0.601. The predicted molar refractivity (Wildman–Crippen MR) is 74.8 cm³/mol. The molecule has 0 saturated carbocycles. The van der Waals surface area contributed by atoms with Crippen LogP contribution in [0.1, 0.15) is 11.1 Å². The zero-order chi connectivity index (χ0) is 13.7. The Morgan fingerprint density at radius 1 is 1.21 bits per heavy atom. The molecule has 4 nitrogen and oxygen atoms in total. The Balaban J connectivity index is 2.23. The lowest BCUT2D eigenvalue weighted by Gasteiger charge is -2.11. The monoisotopic (exact) mass is 258 g/mol. The fraction of sp³-hybridized carbons (Fsp3) is 0.267. The second-order valence-corrected chi connectivity index (χ2v) is 4.25. The van der Waals surface area contributed by atoms with Gasteiger partial charge in [0.2, 0.25) is 5.88 Å². The van der Waals surface area contributed by atoms with Crippen molar-refractivity contribution < 1.29 is 9.47 Å². The lowest BCUT2D eigenvalue weighted by atomic mass is 10.2. The molecule has 0 bridgehead atoms. The van der Waals surface area contributed by atoms with Crippen LogP contribution in [-0.2, 0) is 6.54 Å². The summed E-state index contributed by atoms with van der Waals surface area (Å²) in [4.78, 5) is 4.35. The molecule has 100 valence electrons. The summed E-state index contributed by atoms with van der Waals surface area (Å²) in [7, 11) is 3.53. The molecule has 1 heterocycles. The largest absolute Gasteiger partial charge is 0.493 e. The molecule has 0 fully saturated rings. The summed E-state index contributed by atoms with van der Waals surface area (Å²) in [6, 6.07) is 9.60. The third-order valence-corrected chi connectivity index (χ3v) is 2.74. The van der Waals surface area contributed by atoms with Gasteiger partial charge >= 0.3 is 0 Å². The number of aryl methyl sites for hydroxylation is 1. The highest BCUT2D eigenvalue weighted by molar-refractivity contribution is 5.43. The summed E-state index contributed by atoms with van der Waals surface area (Å²) in [6.07, 6.45) is 1.81. The Bertz CT molecular complexity index is 556. The van der Waals surface area contributed by atoms with E-state index in [2.05, 4.69) is 16.4 Å². The van der Waals surface area contributed by atoms with Gasteiger partial charge in [0, 0.05) is 18.3 Å². The number of pyridine rings is 1. The van der Waals surface area contributed by atoms with Crippen LogP contribution >= 0.6 is 0 Å². The zero-order valence-corrected chi connectivity index (χ0v) is 11.4. The predicted octanol–water partition coefficient (Wildman–Crippen LogP) is 2.91. The maximum atomic E-state index is 5.81. The number of nitrogens with one attached hydrogen (secondary N) is 1. The van der Waals surface area contributed by atoms with Crippen molar-refractivity contribution in [3.63, 3.8) is 0 Å². The van der Waals surface area contributed by atoms with Crippen LogP contribution in [0.4, 0.5) is 0 Å². The Morgan fingerprint density at radius 2 is 1.95 bits per heavy atom. The van der Waals surface area contributed by atoms with E-state index < -0.39 is 0 Å². The number of ether oxygens (including phenoxy) is 2. The average molecular weight is 258 g/mol. The van der Waals surface area contributed by atoms with Gasteiger partial charge in [0.25, 0.3) is 0 Å². The molecule has 1 N–H and O–H groups in total. The van der Waals surface area contributed by atoms with Gasteiger partial charge in [-0.25, -0.2) is 4.98 Å². The molecule has 0 aliphatic rings. The first kappa shape index (κ1) is 13.4. The molecule has 2 rings (SSSR count). The molecule has 0 aliphatic heterocycles. The Labute approximate surface area is 113 Å². The fourth-order valence-electron chi connectivity index (χ4n) is 1.84. The molecule has 0 radical (unpaired) electrons. The molecule has 1 aromatic heterocycles. The first-order valence-electron chi connectivity index (χ1n) is 6.15. The molecule has 0 spiro atoms. The van der Waals surface area contributed by atoms with Crippen molar-refractivity contribution in [2.24, 2.45) is 0 Å². The van der Waals surface area contributed by atoms with Crippen molar-refractivity contribution in [3.05, 3.63) is 47.7 Å². The maximum Gasteiger partial charge on any atom is 0.222 e. The highest BCUT2D eigenvalue weighted by Gasteiger charge is 2.08. The Kier molecular flexibility index (Phi) is 4.36. The number of nitrogens with zero attached hydrogens (tertiary/aromatic N) is 1. The van der Waals surface area contributed by atoms with Crippen molar-refractivity contribution in [1.82, 2.24) is 10.3 Å². The number of aromatic nitrogens is 1. The number of hydrogen-bond acceptors (Lipinski definition) is 4. The number of methoxy groups -OCH3 is 1. The van der Waals surface area contributed by atoms with E-state index in [0.29, 0.717) is 17.4 Å². The van der Waals surface area contributed by atoms with E-state index in [1.807, 2.05) is 44.4 Å². The molecule has 0 saturated heterocycles. The summed E-state index contributed by atoms with van der Waals surface area (Å²) in [5.41, 5.74) is 2.13. The number of hydrogen-bond donors (Lipinski definition) is 1. The highest BCUT2D eigenvalue weighted by atomic mass is 16.5. The molecular weight excluding hydrogens is 240 g/mol. The molecular formula is C15H18N2O2. The van der Waals surface area contributed by atoms with Crippen molar-refractivity contribution in [1.29, 1.82) is 0 Å². The quantitative estimate of drug-likeness (QED) is 0.895. The Morgan fingerprint density at radius 3 is 2.58 bits per heavy atom. The molecule has 4 heteroatoms. The van der Waals surface area contributed by atoms with E-state index in [1.54, 1.807) is 7.11 Å².